The lowest BCUT2D eigenvalue weighted by molar-refractivity contribution is -0.123. The zero-order chi connectivity index (χ0) is 8.69. The molecule has 4 nitrogen and oxygen atoms in total. The van der Waals surface area contributed by atoms with Gasteiger partial charge in [-0.3, -0.25) is 4.79 Å². The lowest BCUT2D eigenvalue weighted by Crippen LogP contribution is -2.28. The Hall–Kier alpha value is -0.930. The molecule has 11 heavy (non-hydrogen) atoms. The van der Waals surface area contributed by atoms with E-state index in [2.05, 4.69) is 10.5 Å². The summed E-state index contributed by atoms with van der Waals surface area (Å²) in [4.78, 5) is 20.5. The SMILES string of the molecule is CC(C)C(=O)NCCCN=O. The summed E-state index contributed by atoms with van der Waals surface area (Å²) >= 11 is 0. The highest BCUT2D eigenvalue weighted by atomic mass is 16.3. The molecule has 0 unspecified atom stereocenters. The number of hydrogen-bond donors (Lipinski definition) is 1. The summed E-state index contributed by atoms with van der Waals surface area (Å²) in [6.45, 7) is 4.47. The van der Waals surface area contributed by atoms with Crippen LogP contribution in [-0.2, 0) is 4.79 Å². The molecule has 0 aromatic heterocycles. The number of rotatable bonds is 5. The van der Waals surface area contributed by atoms with Gasteiger partial charge in [0.25, 0.3) is 0 Å². The molecule has 0 aliphatic heterocycles. The highest BCUT2D eigenvalue weighted by molar-refractivity contribution is 5.77. The first-order valence-corrected chi connectivity index (χ1v) is 3.75. The molecule has 0 fully saturated rings. The Labute approximate surface area is 66.3 Å². The molecule has 0 saturated carbocycles. The van der Waals surface area contributed by atoms with Crippen molar-refractivity contribution in [2.24, 2.45) is 11.1 Å². The molecule has 0 atom stereocenters. The summed E-state index contributed by atoms with van der Waals surface area (Å²) in [6.07, 6.45) is 0.627. The zero-order valence-electron chi connectivity index (χ0n) is 6.96. The molecule has 0 saturated heterocycles. The Bertz CT molecular complexity index is 134. The van der Waals surface area contributed by atoms with Crippen molar-refractivity contribution in [1.29, 1.82) is 0 Å². The van der Waals surface area contributed by atoms with Crippen molar-refractivity contribution in [3.8, 4) is 0 Å². The molecule has 0 spiro atoms. The number of nitroso groups, excluding NO2 is 1. The van der Waals surface area contributed by atoms with E-state index in [1.54, 1.807) is 0 Å². The fraction of sp³-hybridized carbons (Fsp3) is 0.857. The van der Waals surface area contributed by atoms with E-state index in [1.807, 2.05) is 13.8 Å². The summed E-state index contributed by atoms with van der Waals surface area (Å²) in [5.41, 5.74) is 0. The predicted molar refractivity (Wildman–Crippen MR) is 43.1 cm³/mol. The number of nitrogens with one attached hydrogen (secondary N) is 1. The number of carbonyl (C=O) groups is 1. The van der Waals surface area contributed by atoms with Crippen LogP contribution in [0.3, 0.4) is 0 Å². The predicted octanol–water partition coefficient (Wildman–Crippen LogP) is 0.915. The Morgan fingerprint density at radius 3 is 2.64 bits per heavy atom. The number of amides is 1. The Morgan fingerprint density at radius 1 is 1.55 bits per heavy atom. The molecule has 0 aromatic rings. The largest absolute Gasteiger partial charge is 0.356 e. The van der Waals surface area contributed by atoms with Gasteiger partial charge in [0.2, 0.25) is 5.91 Å². The van der Waals surface area contributed by atoms with E-state index < -0.39 is 0 Å². The average Bonchev–Trinajstić information content (AvgIpc) is 1.97. The second-order valence-electron chi connectivity index (χ2n) is 2.65. The Morgan fingerprint density at radius 2 is 2.18 bits per heavy atom. The molecule has 0 aromatic carbocycles. The van der Waals surface area contributed by atoms with Gasteiger partial charge >= 0.3 is 0 Å². The molecule has 4 heteroatoms. The molecule has 0 rings (SSSR count). The van der Waals surface area contributed by atoms with Crippen LogP contribution in [-0.4, -0.2) is 19.0 Å². The third-order valence-corrected chi connectivity index (χ3v) is 1.25. The Kier molecular flexibility index (Phi) is 5.33. The van der Waals surface area contributed by atoms with Crippen LogP contribution >= 0.6 is 0 Å². The van der Waals surface area contributed by atoms with E-state index in [1.165, 1.54) is 0 Å². The smallest absolute Gasteiger partial charge is 0.222 e. The minimum Gasteiger partial charge on any atom is -0.356 e. The normalized spacial score (nSPS) is 9.73. The van der Waals surface area contributed by atoms with Gasteiger partial charge in [-0.15, -0.1) is 0 Å². The molecule has 64 valence electrons. The van der Waals surface area contributed by atoms with E-state index in [-0.39, 0.29) is 18.4 Å². The summed E-state index contributed by atoms with van der Waals surface area (Å²) in [7, 11) is 0. The third-order valence-electron chi connectivity index (χ3n) is 1.25. The summed E-state index contributed by atoms with van der Waals surface area (Å²) < 4.78 is 0. The van der Waals surface area contributed by atoms with Crippen LogP contribution in [0.2, 0.25) is 0 Å². The van der Waals surface area contributed by atoms with Crippen LogP contribution in [0, 0.1) is 10.8 Å². The quantitative estimate of drug-likeness (QED) is 0.477. The van der Waals surface area contributed by atoms with Crippen LogP contribution in [0.15, 0.2) is 5.18 Å². The highest BCUT2D eigenvalue weighted by Gasteiger charge is 2.03. The van der Waals surface area contributed by atoms with Gasteiger partial charge in [-0.1, -0.05) is 19.0 Å². The van der Waals surface area contributed by atoms with Gasteiger partial charge < -0.3 is 5.32 Å². The molecule has 0 heterocycles. The second-order valence-corrected chi connectivity index (χ2v) is 2.65. The van der Waals surface area contributed by atoms with Crippen molar-refractivity contribution in [1.82, 2.24) is 5.32 Å². The monoisotopic (exact) mass is 158 g/mol. The summed E-state index contributed by atoms with van der Waals surface area (Å²) in [5.74, 6) is 0.0371. The first-order valence-electron chi connectivity index (χ1n) is 3.75. The van der Waals surface area contributed by atoms with Crippen LogP contribution in [0.25, 0.3) is 0 Å². The maximum Gasteiger partial charge on any atom is 0.222 e. The van der Waals surface area contributed by atoms with Crippen LogP contribution < -0.4 is 5.32 Å². The van der Waals surface area contributed by atoms with E-state index >= 15 is 0 Å². The lowest BCUT2D eigenvalue weighted by Gasteiger charge is -2.05. The van der Waals surface area contributed by atoms with E-state index in [0.29, 0.717) is 13.0 Å². The minimum absolute atomic E-state index is 0.0131. The maximum absolute atomic E-state index is 10.9. The molecule has 0 radical (unpaired) electrons. The standard InChI is InChI=1S/C7H14N2O2/c1-6(2)7(10)8-4-3-5-9-11/h6H,3-5H2,1-2H3,(H,8,10). The number of carbonyl (C=O) groups excluding carboxylic acids is 1. The fourth-order valence-corrected chi connectivity index (χ4v) is 0.559. The average molecular weight is 158 g/mol. The third kappa shape index (κ3) is 5.51. The zero-order valence-corrected chi connectivity index (χ0v) is 6.96. The topological polar surface area (TPSA) is 58.5 Å². The van der Waals surface area contributed by atoms with Crippen LogP contribution in [0.4, 0.5) is 0 Å². The van der Waals surface area contributed by atoms with Gasteiger partial charge in [0.15, 0.2) is 0 Å². The molecular formula is C7H14N2O2. The maximum atomic E-state index is 10.9. The van der Waals surface area contributed by atoms with Crippen molar-refractivity contribution in [2.75, 3.05) is 13.1 Å². The fourth-order valence-electron chi connectivity index (χ4n) is 0.559. The summed E-state index contributed by atoms with van der Waals surface area (Å²) in [6, 6.07) is 0. The van der Waals surface area contributed by atoms with Gasteiger partial charge in [-0.05, 0) is 6.42 Å². The van der Waals surface area contributed by atoms with Crippen LogP contribution in [0.5, 0.6) is 0 Å². The van der Waals surface area contributed by atoms with Gasteiger partial charge in [-0.25, -0.2) is 0 Å². The molecule has 1 amide bonds. The van der Waals surface area contributed by atoms with Crippen molar-refractivity contribution < 1.29 is 4.79 Å². The van der Waals surface area contributed by atoms with Gasteiger partial charge in [0.1, 0.15) is 0 Å². The minimum atomic E-state index is 0.0131. The van der Waals surface area contributed by atoms with Gasteiger partial charge in [0, 0.05) is 12.5 Å². The van der Waals surface area contributed by atoms with Crippen molar-refractivity contribution in [2.45, 2.75) is 20.3 Å². The van der Waals surface area contributed by atoms with Gasteiger partial charge in [-0.2, -0.15) is 4.91 Å². The second kappa shape index (κ2) is 5.82. The van der Waals surface area contributed by atoms with E-state index in [4.69, 9.17) is 0 Å². The van der Waals surface area contributed by atoms with Crippen molar-refractivity contribution in [3.63, 3.8) is 0 Å². The van der Waals surface area contributed by atoms with Gasteiger partial charge in [0.05, 0.1) is 6.54 Å². The first-order chi connectivity index (χ1) is 5.18. The number of hydrogen-bond acceptors (Lipinski definition) is 3. The molecule has 0 bridgehead atoms. The first kappa shape index (κ1) is 10.1. The highest BCUT2D eigenvalue weighted by Crippen LogP contribution is 1.90. The van der Waals surface area contributed by atoms with Crippen molar-refractivity contribution in [3.05, 3.63) is 4.91 Å². The lowest BCUT2D eigenvalue weighted by atomic mass is 10.2. The van der Waals surface area contributed by atoms with E-state index in [0.717, 1.165) is 0 Å². The number of nitrogens with zero attached hydrogens (tertiary/aromatic N) is 1. The van der Waals surface area contributed by atoms with Crippen LogP contribution in [0.1, 0.15) is 20.3 Å². The molecular weight excluding hydrogens is 144 g/mol. The molecule has 0 aliphatic carbocycles. The molecule has 0 aliphatic rings. The summed E-state index contributed by atoms with van der Waals surface area (Å²) in [5, 5.41) is 5.36. The van der Waals surface area contributed by atoms with Crippen molar-refractivity contribution >= 4 is 5.91 Å². The van der Waals surface area contributed by atoms with E-state index in [9.17, 15) is 9.70 Å². The molecule has 1 N–H and O–H groups in total. The Balaban J connectivity index is 3.24.